The summed E-state index contributed by atoms with van der Waals surface area (Å²) >= 11 is 0. The van der Waals surface area contributed by atoms with Crippen molar-refractivity contribution in [2.45, 2.75) is 278 Å². The molecule has 10 rings (SSSR count). The first kappa shape index (κ1) is 66.3. The van der Waals surface area contributed by atoms with Crippen LogP contribution in [0.5, 0.6) is 0 Å². The maximum absolute atomic E-state index is 13.0. The van der Waals surface area contributed by atoms with Crippen LogP contribution >= 0.6 is 0 Å². The van der Waals surface area contributed by atoms with Crippen LogP contribution in [0, 0.1) is 33.5 Å². The minimum atomic E-state index is -2.05. The van der Waals surface area contributed by atoms with Crippen molar-refractivity contribution in [1.82, 2.24) is 0 Å². The van der Waals surface area contributed by atoms with Crippen molar-refractivity contribution < 1.29 is 133 Å². The Morgan fingerprint density at radius 1 is 0.565 bits per heavy atom. The van der Waals surface area contributed by atoms with E-state index in [1.165, 1.54) is 18.1 Å². The maximum atomic E-state index is 13.0. The summed E-state index contributed by atoms with van der Waals surface area (Å²) < 4.78 is 67.3. The minimum Gasteiger partial charge on any atom is -0.396 e. The second kappa shape index (κ2) is 25.1. The molecular weight excluding hydrogens is 1130 g/mol. The number of rotatable bonds is 16. The summed E-state index contributed by atoms with van der Waals surface area (Å²) in [6.45, 7) is 11.2. The van der Waals surface area contributed by atoms with E-state index in [2.05, 4.69) is 27.7 Å². The second-order valence-corrected chi connectivity index (χ2v) is 26.9. The fourth-order valence-corrected chi connectivity index (χ4v) is 17.1. The Balaban J connectivity index is 0.858. The molecule has 10 aliphatic rings. The lowest BCUT2D eigenvalue weighted by Gasteiger charge is -2.63. The molecule has 6 heterocycles. The highest BCUT2D eigenvalue weighted by Gasteiger charge is 2.72. The van der Waals surface area contributed by atoms with Crippen LogP contribution in [-0.4, -0.2) is 281 Å². The van der Waals surface area contributed by atoms with Crippen molar-refractivity contribution in [3.63, 3.8) is 0 Å². The summed E-state index contributed by atoms with van der Waals surface area (Å²) in [5, 5.41) is 165. The molecule has 27 heteroatoms. The van der Waals surface area contributed by atoms with E-state index in [1.807, 2.05) is 13.8 Å². The standard InChI is InChI=1S/C58H94O27/c1-8-27(62)29-17-23(2)58(85-29)16-15-56(6)26-9-10-33-54(4,25(26)11-14-57(56,58)7)13-12-34(55(33,5)22-61)81-50-44(73)42(71)38(67)32(80-50)21-76-52-47(36(65)28(63)20-75-52)83-53-48(84-49-43(72)40(69)35(64)24(3)77-49)46(39(68)31(19-60)79-53)82-51-45(74)41(70)37(66)30(18-59)78-51/h23-24,28-53,59-61,63-74H,8-22H2,1-7H3/t23-,24+,28+,29+,30-,31-,32-,33-,34+,35+,36+,37-,38-,39-,40-,41+,42+,43-,44-,45-,46+,47-,48-,49+,50+,51+,52?,53+,54-,55+,56+,57+,58+/m1/s1. The normalized spacial score (nSPS) is 54.7. The van der Waals surface area contributed by atoms with Crippen LogP contribution in [0.2, 0.25) is 0 Å². The largest absolute Gasteiger partial charge is 0.396 e. The minimum absolute atomic E-state index is 0.0801. The Morgan fingerprint density at radius 3 is 1.79 bits per heavy atom. The molecule has 27 nitrogen and oxygen atoms in total. The molecule has 0 radical (unpaired) electrons. The van der Waals surface area contributed by atoms with Gasteiger partial charge in [-0.05, 0) is 87.4 Å². The Bertz CT molecular complexity index is 2350. The topological polar surface area (TPSA) is 422 Å². The van der Waals surface area contributed by atoms with Crippen molar-refractivity contribution in [3.05, 3.63) is 11.1 Å². The van der Waals surface area contributed by atoms with Crippen molar-refractivity contribution in [2.75, 3.05) is 33.0 Å². The van der Waals surface area contributed by atoms with Crippen molar-refractivity contribution in [2.24, 2.45) is 33.5 Å². The van der Waals surface area contributed by atoms with E-state index >= 15 is 0 Å². The molecule has 2 saturated carbocycles. The van der Waals surface area contributed by atoms with E-state index in [1.54, 1.807) is 0 Å². The molecule has 0 bridgehead atoms. The molecule has 33 atom stereocenters. The molecule has 488 valence electrons. The maximum Gasteiger partial charge on any atom is 0.187 e. The lowest BCUT2D eigenvalue weighted by Crippen LogP contribution is -2.68. The summed E-state index contributed by atoms with van der Waals surface area (Å²) in [5.74, 6) is 0.291. The van der Waals surface area contributed by atoms with Crippen LogP contribution in [0.4, 0.5) is 0 Å². The molecule has 0 aromatic rings. The van der Waals surface area contributed by atoms with Crippen molar-refractivity contribution in [1.29, 1.82) is 0 Å². The molecule has 4 aliphatic carbocycles. The van der Waals surface area contributed by atoms with E-state index in [9.17, 15) is 81.4 Å². The molecule has 0 aromatic heterocycles. The highest BCUT2D eigenvalue weighted by Crippen LogP contribution is 2.75. The van der Waals surface area contributed by atoms with Crippen LogP contribution in [0.25, 0.3) is 0 Å². The number of hydrogen-bond acceptors (Lipinski definition) is 27. The van der Waals surface area contributed by atoms with Crippen LogP contribution in [-0.2, 0) is 56.9 Å². The lowest BCUT2D eigenvalue weighted by molar-refractivity contribution is -0.406. The van der Waals surface area contributed by atoms with Crippen LogP contribution in [0.3, 0.4) is 0 Å². The molecule has 0 aromatic carbocycles. The zero-order valence-electron chi connectivity index (χ0n) is 49.4. The molecule has 15 N–H and O–H groups in total. The van der Waals surface area contributed by atoms with Gasteiger partial charge in [0.2, 0.25) is 0 Å². The van der Waals surface area contributed by atoms with Gasteiger partial charge in [0.1, 0.15) is 116 Å². The van der Waals surface area contributed by atoms with Gasteiger partial charge in [-0.15, -0.1) is 0 Å². The van der Waals surface area contributed by atoms with E-state index in [4.69, 9.17) is 52.1 Å². The Labute approximate surface area is 493 Å². The third-order valence-electron chi connectivity index (χ3n) is 22.6. The van der Waals surface area contributed by atoms with Gasteiger partial charge >= 0.3 is 0 Å². The fraction of sp³-hybridized carbons (Fsp3) is 0.948. The van der Waals surface area contributed by atoms with Gasteiger partial charge in [-0.25, -0.2) is 0 Å². The third kappa shape index (κ3) is 11.0. The highest BCUT2D eigenvalue weighted by atomic mass is 16.8. The number of hydrogen-bond donors (Lipinski definition) is 15. The van der Waals surface area contributed by atoms with Crippen LogP contribution in [0.1, 0.15) is 113 Å². The van der Waals surface area contributed by atoms with Gasteiger partial charge in [-0.3, -0.25) is 4.79 Å². The van der Waals surface area contributed by atoms with Gasteiger partial charge in [0.15, 0.2) is 37.2 Å². The predicted octanol–water partition coefficient (Wildman–Crippen LogP) is -3.62. The number of aliphatic hydroxyl groups excluding tert-OH is 15. The van der Waals surface area contributed by atoms with E-state index in [0.29, 0.717) is 19.3 Å². The summed E-state index contributed by atoms with van der Waals surface area (Å²) in [6, 6.07) is 0. The smallest absolute Gasteiger partial charge is 0.187 e. The second-order valence-electron chi connectivity index (χ2n) is 26.9. The van der Waals surface area contributed by atoms with Crippen LogP contribution < -0.4 is 0 Å². The summed E-state index contributed by atoms with van der Waals surface area (Å²) in [5.41, 5.74) is 0.871. The number of ether oxygens (including phenoxy) is 11. The van der Waals surface area contributed by atoms with Gasteiger partial charge < -0.3 is 129 Å². The first-order valence-corrected chi connectivity index (χ1v) is 30.5. The highest BCUT2D eigenvalue weighted by molar-refractivity contribution is 5.83. The molecule has 0 amide bonds. The van der Waals surface area contributed by atoms with Crippen LogP contribution in [0.15, 0.2) is 11.1 Å². The quantitative estimate of drug-likeness (QED) is 0.0664. The monoisotopic (exact) mass is 1220 g/mol. The van der Waals surface area contributed by atoms with Gasteiger partial charge in [0.25, 0.3) is 0 Å². The Kier molecular flexibility index (Phi) is 19.6. The van der Waals surface area contributed by atoms with Gasteiger partial charge in [0.05, 0.1) is 50.8 Å². The summed E-state index contributed by atoms with van der Waals surface area (Å²) in [4.78, 5) is 13.0. The Hall–Kier alpha value is -1.63. The Morgan fingerprint density at radius 2 is 1.14 bits per heavy atom. The summed E-state index contributed by atoms with van der Waals surface area (Å²) in [6.07, 6.45) is -36.8. The van der Waals surface area contributed by atoms with Gasteiger partial charge in [0, 0.05) is 17.3 Å². The average molecular weight is 1220 g/mol. The molecule has 85 heavy (non-hydrogen) atoms. The van der Waals surface area contributed by atoms with E-state index in [-0.39, 0.29) is 40.5 Å². The number of Topliss-reactive ketones (excluding diaryl/α,β-unsaturated/α-hetero) is 1. The zero-order chi connectivity index (χ0) is 61.8. The zero-order valence-corrected chi connectivity index (χ0v) is 49.4. The molecule has 6 saturated heterocycles. The summed E-state index contributed by atoms with van der Waals surface area (Å²) in [7, 11) is 0. The number of carbonyl (C=O) groups is 1. The van der Waals surface area contributed by atoms with Crippen molar-refractivity contribution >= 4 is 5.78 Å². The predicted molar refractivity (Wildman–Crippen MR) is 285 cm³/mol. The SMILES string of the molecule is CCC(=O)[C@@H]1C[C@@H](C)[C@]2(CC[C@@]3(C)C4=C(CC[C@@]32C)[C@@]2(C)CC[C@H](O[C@@H]3O[C@H](COC5OC[C@H](O)[C@H](O)[C@H]5O[C@@H]5O[C@H](CO)[C@@H](O)[C@H](O[C@@H]6O[C@H](CO)[C@@H](O)[C@H](O)[C@H]6O)[C@H]5O[C@@H]5O[C@@H](C)[C@H](O)[C@@H](O)[C@H]5O)[C@@H](O)[C@H](O)[C@H]3O)[C@@](C)(CO)[C@@H]2CC4)O1. The molecule has 6 aliphatic heterocycles. The van der Waals surface area contributed by atoms with E-state index in [0.717, 1.165) is 44.9 Å². The number of carbonyl (C=O) groups excluding carboxylic acids is 1. The first-order chi connectivity index (χ1) is 40.1. The van der Waals surface area contributed by atoms with Crippen molar-refractivity contribution in [3.8, 4) is 0 Å². The molecular formula is C58H94O27. The van der Waals surface area contributed by atoms with Gasteiger partial charge in [-0.1, -0.05) is 52.7 Å². The molecule has 1 spiro atoms. The van der Waals surface area contributed by atoms with E-state index < -0.39 is 197 Å². The number of ketones is 1. The average Bonchev–Trinajstić information content (AvgIpc) is 1.64. The van der Waals surface area contributed by atoms with Gasteiger partial charge in [-0.2, -0.15) is 0 Å². The molecule has 8 fully saturated rings. The third-order valence-corrected chi connectivity index (χ3v) is 22.6. The number of aliphatic hydroxyl groups is 15. The number of allylic oxidation sites excluding steroid dienone is 2. The first-order valence-electron chi connectivity index (χ1n) is 30.5. The lowest BCUT2D eigenvalue weighted by atomic mass is 9.42. The number of fused-ring (bicyclic) bond motifs is 5. The molecule has 1 unspecified atom stereocenters. The fourth-order valence-electron chi connectivity index (χ4n) is 17.1.